The van der Waals surface area contributed by atoms with E-state index in [9.17, 15) is 52.2 Å². The van der Waals surface area contributed by atoms with Gasteiger partial charge in [0.05, 0.1) is 46.2 Å². The molecule has 2 aliphatic carbocycles. The number of nitrogens with zero attached hydrogens (tertiary/aromatic N) is 9. The second-order valence-corrected chi connectivity index (χ2v) is 23.9. The summed E-state index contributed by atoms with van der Waals surface area (Å²) in [6, 6.07) is 19.5. The van der Waals surface area contributed by atoms with Gasteiger partial charge in [-0.05, 0) is 147 Å². The predicted molar refractivity (Wildman–Crippen MR) is 329 cm³/mol. The molecule has 0 radical (unpaired) electrons. The van der Waals surface area contributed by atoms with E-state index < -0.39 is 29.4 Å². The first-order valence-corrected chi connectivity index (χ1v) is 30.3. The number of ketones is 2. The van der Waals surface area contributed by atoms with Gasteiger partial charge < -0.3 is 45.6 Å². The van der Waals surface area contributed by atoms with Gasteiger partial charge in [0, 0.05) is 80.1 Å². The van der Waals surface area contributed by atoms with Crippen molar-refractivity contribution in [3.63, 3.8) is 0 Å². The van der Waals surface area contributed by atoms with Gasteiger partial charge in [-0.2, -0.15) is 10.2 Å². The minimum absolute atomic E-state index is 0.00158. The van der Waals surface area contributed by atoms with Crippen LogP contribution >= 0.6 is 23.2 Å². The molecule has 0 unspecified atom stereocenters. The van der Waals surface area contributed by atoms with Crippen LogP contribution in [0.4, 0.5) is 8.78 Å². The number of carbonyl (C=O) groups excluding carboxylic acids is 7. The van der Waals surface area contributed by atoms with Crippen LogP contribution in [0.3, 0.4) is 0 Å². The maximum Gasteiger partial charge on any atom is 0.335 e. The molecule has 470 valence electrons. The zero-order valence-corrected chi connectivity index (χ0v) is 51.9. The van der Waals surface area contributed by atoms with Gasteiger partial charge in [-0.1, -0.05) is 53.5 Å². The Morgan fingerprint density at radius 2 is 1.05 bits per heavy atom. The highest BCUT2D eigenvalue weighted by molar-refractivity contribution is 6.31. The first-order valence-electron chi connectivity index (χ1n) is 29.5. The van der Waals surface area contributed by atoms with E-state index in [1.807, 2.05) is 24.1 Å². The van der Waals surface area contributed by atoms with Crippen molar-refractivity contribution in [2.45, 2.75) is 122 Å². The monoisotopic (exact) mass is 1250 g/mol. The van der Waals surface area contributed by atoms with E-state index in [2.05, 4.69) is 57.1 Å². The van der Waals surface area contributed by atoms with Gasteiger partial charge in [0.25, 0.3) is 0 Å². The second kappa shape index (κ2) is 30.0. The van der Waals surface area contributed by atoms with E-state index in [0.717, 1.165) is 63.2 Å². The van der Waals surface area contributed by atoms with Crippen LogP contribution in [0.5, 0.6) is 0 Å². The number of likely N-dealkylation sites (tertiary alicyclic amines) is 2. The van der Waals surface area contributed by atoms with Crippen LogP contribution in [0, 0.1) is 11.6 Å². The molecule has 0 atom stereocenters. The summed E-state index contributed by atoms with van der Waals surface area (Å²) in [5, 5.41) is 27.4. The molecule has 6 aromatic rings. The van der Waals surface area contributed by atoms with Crippen molar-refractivity contribution in [1.29, 1.82) is 0 Å². The maximum absolute atomic E-state index is 14.2. The smallest absolute Gasteiger partial charge is 0.335 e. The number of piperidine rings is 2. The molecule has 4 N–H and O–H groups in total. The van der Waals surface area contributed by atoms with Crippen LogP contribution in [0.25, 0.3) is 21.8 Å². The van der Waals surface area contributed by atoms with E-state index in [4.69, 9.17) is 23.2 Å². The largest absolute Gasteiger partial charge is 0.478 e. The van der Waals surface area contributed by atoms with Gasteiger partial charge >= 0.3 is 5.97 Å². The average molecular weight is 1250 g/mol. The SMILES string of the molecule is CC(=O)c1nn(CC(=O)N(CC(=O)NCc2cccc(Cl)c2F)C2CC2)c2ccc(C(=O)O)cc12.CC(=O)c1nn(CC(=O)N(CC(=O)NCc2cccc(Cl)c2F)C2CC2)c2ccc(CC(=O)N(C)C3CCN(C)CC3)cc12.CNC1CCN(C)CC1. The zero-order chi connectivity index (χ0) is 63.5. The number of rotatable bonds is 21. The molecule has 21 nitrogen and oxygen atoms in total. The lowest BCUT2D eigenvalue weighted by Crippen LogP contribution is -2.44. The number of carbonyl (C=O) groups is 8. The predicted octanol–water partition coefficient (Wildman–Crippen LogP) is 6.77. The van der Waals surface area contributed by atoms with Gasteiger partial charge in [0.15, 0.2) is 11.6 Å². The Morgan fingerprint density at radius 1 is 0.602 bits per heavy atom. The number of halogens is 4. The molecule has 2 saturated heterocycles. The van der Waals surface area contributed by atoms with Gasteiger partial charge in [-0.3, -0.25) is 42.9 Å². The molecule has 0 bridgehead atoms. The number of Topliss-reactive ketones (excluding diaryl/α,β-unsaturated/α-hetero) is 2. The normalized spacial score (nSPS) is 15.6. The Bertz CT molecular complexity index is 3570. The fraction of sp³-hybridized carbons (Fsp3) is 0.460. The molecule has 25 heteroatoms. The van der Waals surface area contributed by atoms with Crippen LogP contribution in [0.1, 0.15) is 113 Å². The highest BCUT2D eigenvalue weighted by Crippen LogP contribution is 2.30. The first kappa shape index (κ1) is 66.3. The number of hydrogen-bond acceptors (Lipinski definition) is 13. The van der Waals surface area contributed by atoms with E-state index in [-0.39, 0.29) is 131 Å². The molecular formula is C63H76Cl2F2N12O9. The number of likely N-dealkylation sites (N-methyl/N-ethyl adjacent to an activating group) is 1. The van der Waals surface area contributed by atoms with E-state index in [0.29, 0.717) is 21.8 Å². The molecule has 4 aliphatic rings. The molecule has 4 aromatic carbocycles. The van der Waals surface area contributed by atoms with Gasteiger partial charge in [0.1, 0.15) is 36.1 Å². The summed E-state index contributed by atoms with van der Waals surface area (Å²) in [6.07, 6.45) is 7.77. The van der Waals surface area contributed by atoms with Crippen LogP contribution < -0.4 is 16.0 Å². The Kier molecular flexibility index (Phi) is 22.6. The van der Waals surface area contributed by atoms with E-state index in [1.165, 1.54) is 101 Å². The quantitative estimate of drug-likeness (QED) is 0.0544. The number of carboxylic acids is 1. The van der Waals surface area contributed by atoms with Crippen molar-refractivity contribution in [3.8, 4) is 0 Å². The van der Waals surface area contributed by atoms with E-state index in [1.54, 1.807) is 18.2 Å². The van der Waals surface area contributed by atoms with Crippen molar-refractivity contribution in [1.82, 2.24) is 60.0 Å². The summed E-state index contributed by atoms with van der Waals surface area (Å²) >= 11 is 11.6. The third kappa shape index (κ3) is 17.3. The Balaban J connectivity index is 0.000000203. The zero-order valence-electron chi connectivity index (χ0n) is 50.4. The number of amides is 5. The maximum atomic E-state index is 14.2. The second-order valence-electron chi connectivity index (χ2n) is 23.1. The molecule has 0 spiro atoms. The number of aromatic carboxylic acids is 1. The third-order valence-corrected chi connectivity index (χ3v) is 17.0. The Morgan fingerprint density at radius 3 is 1.48 bits per heavy atom. The van der Waals surface area contributed by atoms with Crippen molar-refractivity contribution >= 4 is 92.1 Å². The highest BCUT2D eigenvalue weighted by Gasteiger charge is 2.36. The number of carboxylic acid groups (broad SMARTS) is 1. The van der Waals surface area contributed by atoms with Crippen LogP contribution in [-0.4, -0.2) is 188 Å². The van der Waals surface area contributed by atoms with Gasteiger partial charge in [0.2, 0.25) is 29.5 Å². The Hall–Kier alpha value is -7.70. The number of aromatic nitrogens is 4. The molecule has 88 heavy (non-hydrogen) atoms. The van der Waals surface area contributed by atoms with Crippen molar-refractivity contribution in [3.05, 3.63) is 128 Å². The number of benzene rings is 4. The molecule has 5 amide bonds. The minimum Gasteiger partial charge on any atom is -0.478 e. The van der Waals surface area contributed by atoms with Crippen molar-refractivity contribution in [2.75, 3.05) is 67.5 Å². The Labute approximate surface area is 519 Å². The minimum atomic E-state index is -1.14. The van der Waals surface area contributed by atoms with Gasteiger partial charge in [-0.25, -0.2) is 13.6 Å². The summed E-state index contributed by atoms with van der Waals surface area (Å²) in [4.78, 5) is 110. The van der Waals surface area contributed by atoms with Gasteiger partial charge in [-0.15, -0.1) is 0 Å². The summed E-state index contributed by atoms with van der Waals surface area (Å²) in [5.74, 6) is -4.50. The lowest BCUT2D eigenvalue weighted by molar-refractivity contribution is -0.137. The van der Waals surface area contributed by atoms with Crippen molar-refractivity contribution in [2.24, 2.45) is 0 Å². The topological polar surface area (TPSA) is 245 Å². The molecule has 2 saturated carbocycles. The molecule has 10 rings (SSSR count). The number of hydrogen-bond donors (Lipinski definition) is 4. The van der Waals surface area contributed by atoms with Crippen LogP contribution in [0.2, 0.25) is 10.0 Å². The fourth-order valence-corrected chi connectivity index (χ4v) is 11.2. The van der Waals surface area contributed by atoms with Crippen LogP contribution in [-0.2, 0) is 56.6 Å². The number of nitrogens with one attached hydrogen (secondary N) is 3. The lowest BCUT2D eigenvalue weighted by atomic mass is 10.0. The van der Waals surface area contributed by atoms with Crippen LogP contribution in [0.15, 0.2) is 72.8 Å². The van der Waals surface area contributed by atoms with E-state index >= 15 is 0 Å². The van der Waals surface area contributed by atoms with Crippen molar-refractivity contribution < 1.29 is 52.2 Å². The first-order chi connectivity index (χ1) is 42.0. The standard InChI is InChI=1S/C32H38ClFN6O4.C24H22ClFN4O5.C7H16N2/c1-20(41)32-25-15-21(16-29(43)38(3)23-11-13-37(2)14-12-23)7-10-27(25)40(36-32)19-30(44)39(24-8-9-24)18-28(42)35-17-22-5-4-6-26(33)31(22)34;1-13(31)23-17-9-14(24(34)35)5-8-19(17)30(28-23)12-21(33)29(16-6-7-16)11-20(32)27-10-15-3-2-4-18(25)22(15)26;1-8-7-3-5-9(2)6-4-7/h4-7,10,15,23-24H,8-9,11-14,16-19H2,1-3H3,(H,35,42);2-5,8-9,16H,6-7,10-12H2,1H3,(H,27,32)(H,34,35);7-8H,3-6H2,1-2H3. The summed E-state index contributed by atoms with van der Waals surface area (Å²) in [7, 11) is 8.17. The highest BCUT2D eigenvalue weighted by atomic mass is 35.5. The fourth-order valence-electron chi connectivity index (χ4n) is 10.8. The molecule has 4 fully saturated rings. The molecular weight excluding hydrogens is 1180 g/mol. The summed E-state index contributed by atoms with van der Waals surface area (Å²) in [6.45, 7) is 6.24. The molecule has 4 heterocycles. The number of fused-ring (bicyclic) bond motifs is 2. The third-order valence-electron chi connectivity index (χ3n) is 16.4. The lowest BCUT2D eigenvalue weighted by Gasteiger charge is -2.35. The summed E-state index contributed by atoms with van der Waals surface area (Å²) in [5.41, 5.74) is 2.58. The molecule has 2 aliphatic heterocycles. The average Bonchev–Trinajstić information content (AvgIpc) is 2.82. The molecule has 2 aromatic heterocycles. The summed E-state index contributed by atoms with van der Waals surface area (Å²) < 4.78 is 31.1.